The maximum absolute atomic E-state index is 13.8. The number of Topliss-reactive ketones (excluding diaryl/α,β-unsaturated/α-hetero) is 3. The maximum Gasteiger partial charge on any atom is 0.255 e. The number of aliphatic hydroxyl groups excluding tert-OH is 2. The monoisotopic (exact) mass is 575 g/mol. The van der Waals surface area contributed by atoms with E-state index < -0.39 is 52.0 Å². The number of fused-ring (bicyclic) bond motifs is 3. The Morgan fingerprint density at radius 3 is 2.33 bits per heavy atom. The van der Waals surface area contributed by atoms with Crippen molar-refractivity contribution in [1.29, 1.82) is 0 Å². The van der Waals surface area contributed by atoms with Crippen LogP contribution in [0, 0.1) is 11.8 Å². The molecule has 2 aromatic rings. The number of amides is 1. The highest BCUT2D eigenvalue weighted by molar-refractivity contribution is 6.22. The summed E-state index contributed by atoms with van der Waals surface area (Å²) in [5, 5.41) is 45.1. The molecule has 1 fully saturated rings. The van der Waals surface area contributed by atoms with E-state index in [-0.39, 0.29) is 66.3 Å². The molecule has 6 N–H and O–H groups in total. The van der Waals surface area contributed by atoms with E-state index in [1.807, 2.05) is 13.8 Å². The molecular weight excluding hydrogens is 542 g/mol. The average Bonchev–Trinajstić information content (AvgIpc) is 2.92. The first-order valence-electron chi connectivity index (χ1n) is 13.8. The van der Waals surface area contributed by atoms with Crippen molar-refractivity contribution >= 4 is 29.0 Å². The van der Waals surface area contributed by atoms with Crippen LogP contribution in [-0.4, -0.2) is 56.4 Å². The Bertz CT molecular complexity index is 1600. The standard InChI is InChI=1S/C32H33NO9/c1-14(2)21-12-17(10-19(34)8-15-4-6-20(42-3)7-5-15)27(36)25-22(21)11-16-9-18-13-23(35)26(31(33)40)30(39)32(18,41)29(38)24(16)28(25)37/h4-7,12,14,16,18,36-37,39,41H,8-11,13H2,1-3H3,(H2,33,40)/t16-,18+,32+/m1/s1. The van der Waals surface area contributed by atoms with E-state index in [4.69, 9.17) is 10.5 Å². The quantitative estimate of drug-likeness (QED) is 0.310. The number of rotatable bonds is 7. The van der Waals surface area contributed by atoms with Gasteiger partial charge in [-0.25, -0.2) is 0 Å². The number of carbonyl (C=O) groups excluding carboxylic acids is 4. The molecule has 0 unspecified atom stereocenters. The molecule has 42 heavy (non-hydrogen) atoms. The van der Waals surface area contributed by atoms with Crippen molar-refractivity contribution in [2.75, 3.05) is 7.11 Å². The van der Waals surface area contributed by atoms with Crippen LogP contribution in [0.25, 0.3) is 5.76 Å². The summed E-state index contributed by atoms with van der Waals surface area (Å²) in [6.45, 7) is 3.87. The third-order valence-electron chi connectivity index (χ3n) is 8.75. The van der Waals surface area contributed by atoms with Gasteiger partial charge in [0.05, 0.1) is 12.7 Å². The molecule has 220 valence electrons. The minimum Gasteiger partial charge on any atom is -0.508 e. The molecule has 3 aliphatic rings. The number of nitrogens with two attached hydrogens (primary N) is 1. The zero-order valence-electron chi connectivity index (χ0n) is 23.6. The SMILES string of the molecule is COc1ccc(CC(=O)Cc2cc(C(C)C)c3c(c2O)C(O)=C2C(=O)[C@]4(O)C(O)=C(C(N)=O)C(=O)C[C@@H]4C[C@@H]2C3)cc1. The van der Waals surface area contributed by atoms with Gasteiger partial charge in [-0.3, -0.25) is 19.2 Å². The molecule has 3 aliphatic carbocycles. The number of primary amides is 1. The smallest absolute Gasteiger partial charge is 0.255 e. The Balaban J connectivity index is 1.57. The number of aliphatic hydroxyl groups is 3. The lowest BCUT2D eigenvalue weighted by Crippen LogP contribution is -2.58. The van der Waals surface area contributed by atoms with Crippen LogP contribution in [-0.2, 0) is 38.4 Å². The topological polar surface area (TPSA) is 184 Å². The van der Waals surface area contributed by atoms with Crippen LogP contribution in [0.5, 0.6) is 11.5 Å². The first-order valence-corrected chi connectivity index (χ1v) is 13.8. The van der Waals surface area contributed by atoms with Crippen LogP contribution in [0.2, 0.25) is 0 Å². The molecule has 0 heterocycles. The number of aromatic hydroxyl groups is 1. The molecule has 10 heteroatoms. The van der Waals surface area contributed by atoms with Gasteiger partial charge in [-0.05, 0) is 53.5 Å². The lowest BCUT2D eigenvalue weighted by Gasteiger charge is -2.46. The molecule has 0 saturated heterocycles. The number of phenolic OH excluding ortho intramolecular Hbond substituents is 1. The van der Waals surface area contributed by atoms with E-state index in [1.54, 1.807) is 37.4 Å². The summed E-state index contributed by atoms with van der Waals surface area (Å²) in [7, 11) is 1.55. The van der Waals surface area contributed by atoms with Gasteiger partial charge >= 0.3 is 0 Å². The molecule has 10 nitrogen and oxygen atoms in total. The van der Waals surface area contributed by atoms with Crippen molar-refractivity contribution in [3.8, 4) is 11.5 Å². The fraction of sp³-hybridized carbons (Fsp3) is 0.375. The number of hydrogen-bond donors (Lipinski definition) is 5. The lowest BCUT2D eigenvalue weighted by atomic mass is 9.59. The summed E-state index contributed by atoms with van der Waals surface area (Å²) in [6, 6.07) is 8.80. The molecule has 0 spiro atoms. The van der Waals surface area contributed by atoms with Crippen LogP contribution in [0.15, 0.2) is 47.2 Å². The summed E-state index contributed by atoms with van der Waals surface area (Å²) in [5.74, 6) is -6.36. The van der Waals surface area contributed by atoms with Gasteiger partial charge in [0.15, 0.2) is 11.4 Å². The maximum atomic E-state index is 13.8. The second-order valence-corrected chi connectivity index (χ2v) is 11.6. The van der Waals surface area contributed by atoms with Gasteiger partial charge in [0.2, 0.25) is 5.78 Å². The number of benzene rings is 2. The summed E-state index contributed by atoms with van der Waals surface area (Å²) in [5.41, 5.74) is 4.02. The Morgan fingerprint density at radius 1 is 1.07 bits per heavy atom. The van der Waals surface area contributed by atoms with Gasteiger partial charge in [-0.1, -0.05) is 32.0 Å². The Morgan fingerprint density at radius 2 is 1.74 bits per heavy atom. The molecule has 0 radical (unpaired) electrons. The minimum atomic E-state index is -2.63. The number of methoxy groups -OCH3 is 1. The highest BCUT2D eigenvalue weighted by atomic mass is 16.5. The van der Waals surface area contributed by atoms with Gasteiger partial charge in [-0.15, -0.1) is 0 Å². The molecule has 3 atom stereocenters. The Hall–Kier alpha value is -4.44. The molecule has 0 aromatic heterocycles. The number of phenols is 1. The summed E-state index contributed by atoms with van der Waals surface area (Å²) in [6.07, 6.45) is -0.130. The number of hydrogen-bond acceptors (Lipinski definition) is 9. The normalized spacial score (nSPS) is 23.5. The fourth-order valence-electron chi connectivity index (χ4n) is 6.67. The molecular formula is C32H33NO9. The van der Waals surface area contributed by atoms with E-state index >= 15 is 0 Å². The Kier molecular flexibility index (Phi) is 7.22. The highest BCUT2D eigenvalue weighted by Gasteiger charge is 2.60. The van der Waals surface area contributed by atoms with E-state index in [9.17, 15) is 39.6 Å². The van der Waals surface area contributed by atoms with Crippen LogP contribution < -0.4 is 10.5 Å². The molecule has 1 saturated carbocycles. The average molecular weight is 576 g/mol. The fourth-order valence-corrected chi connectivity index (χ4v) is 6.67. The largest absolute Gasteiger partial charge is 0.508 e. The lowest BCUT2D eigenvalue weighted by molar-refractivity contribution is -0.147. The second kappa shape index (κ2) is 10.4. The third kappa shape index (κ3) is 4.46. The van der Waals surface area contributed by atoms with Crippen LogP contribution in [0.4, 0.5) is 0 Å². The molecule has 2 aromatic carbocycles. The first kappa shape index (κ1) is 29.1. The van der Waals surface area contributed by atoms with E-state index in [0.717, 1.165) is 11.1 Å². The number of carbonyl (C=O) groups is 4. The van der Waals surface area contributed by atoms with Crippen molar-refractivity contribution in [2.24, 2.45) is 17.6 Å². The van der Waals surface area contributed by atoms with Crippen molar-refractivity contribution in [3.63, 3.8) is 0 Å². The first-order chi connectivity index (χ1) is 19.8. The number of ether oxygens (including phenoxy) is 1. The zero-order valence-corrected chi connectivity index (χ0v) is 23.6. The predicted molar refractivity (Wildman–Crippen MR) is 151 cm³/mol. The summed E-state index contributed by atoms with van der Waals surface area (Å²) in [4.78, 5) is 51.3. The zero-order chi connectivity index (χ0) is 30.7. The summed E-state index contributed by atoms with van der Waals surface area (Å²) >= 11 is 0. The third-order valence-corrected chi connectivity index (χ3v) is 8.75. The Labute approximate surface area is 242 Å². The molecule has 0 bridgehead atoms. The van der Waals surface area contributed by atoms with E-state index in [0.29, 0.717) is 11.3 Å². The van der Waals surface area contributed by atoms with E-state index in [2.05, 4.69) is 0 Å². The van der Waals surface area contributed by atoms with Gasteiger partial charge < -0.3 is 30.9 Å². The van der Waals surface area contributed by atoms with Crippen LogP contribution >= 0.6 is 0 Å². The van der Waals surface area contributed by atoms with Crippen molar-refractivity contribution in [2.45, 2.75) is 57.5 Å². The predicted octanol–water partition coefficient (Wildman–Crippen LogP) is 2.91. The van der Waals surface area contributed by atoms with Crippen molar-refractivity contribution in [1.82, 2.24) is 0 Å². The molecule has 5 rings (SSSR count). The molecule has 0 aliphatic heterocycles. The van der Waals surface area contributed by atoms with Crippen molar-refractivity contribution in [3.05, 3.63) is 75.1 Å². The number of ketones is 3. The second-order valence-electron chi connectivity index (χ2n) is 11.6. The highest BCUT2D eigenvalue weighted by Crippen LogP contribution is 2.53. The minimum absolute atomic E-state index is 0.000535. The van der Waals surface area contributed by atoms with Crippen LogP contribution in [0.3, 0.4) is 0 Å². The van der Waals surface area contributed by atoms with Gasteiger partial charge in [0.25, 0.3) is 5.91 Å². The summed E-state index contributed by atoms with van der Waals surface area (Å²) < 4.78 is 5.15. The van der Waals surface area contributed by atoms with Crippen LogP contribution in [0.1, 0.15) is 60.4 Å². The van der Waals surface area contributed by atoms with Gasteiger partial charge in [-0.2, -0.15) is 0 Å². The van der Waals surface area contributed by atoms with E-state index in [1.165, 1.54) is 0 Å². The van der Waals surface area contributed by atoms with Gasteiger partial charge in [0, 0.05) is 36.3 Å². The van der Waals surface area contributed by atoms with Crippen molar-refractivity contribution < 1.29 is 44.3 Å². The molecule has 1 amide bonds. The van der Waals surface area contributed by atoms with Gasteiger partial charge in [0.1, 0.15) is 34.4 Å².